The quantitative estimate of drug-likeness (QED) is 0.652. The van der Waals surface area contributed by atoms with E-state index < -0.39 is 21.6 Å². The molecule has 4 rings (SSSR count). The average molecular weight is 483 g/mol. The van der Waals surface area contributed by atoms with E-state index in [-0.39, 0.29) is 30.0 Å². The third kappa shape index (κ3) is 5.64. The number of hydrogen-bond donors (Lipinski definition) is 0. The van der Waals surface area contributed by atoms with Crippen LogP contribution >= 0.6 is 0 Å². The fraction of sp³-hybridized carbons (Fsp3) is 0.455. The zero-order chi connectivity index (χ0) is 23.6. The van der Waals surface area contributed by atoms with Gasteiger partial charge in [0, 0.05) is 38.1 Å². The van der Waals surface area contributed by atoms with E-state index in [4.69, 9.17) is 0 Å². The molecule has 1 aromatic carbocycles. The lowest BCUT2D eigenvalue weighted by Crippen LogP contribution is -2.52. The molecule has 178 valence electrons. The van der Waals surface area contributed by atoms with Gasteiger partial charge in [0.1, 0.15) is 5.82 Å². The van der Waals surface area contributed by atoms with Crippen LogP contribution in [0.25, 0.3) is 0 Å². The zero-order valence-electron chi connectivity index (χ0n) is 17.9. The van der Waals surface area contributed by atoms with Crippen molar-refractivity contribution in [2.75, 3.05) is 54.0 Å². The van der Waals surface area contributed by atoms with E-state index in [2.05, 4.69) is 4.98 Å². The largest absolute Gasteiger partial charge is 0.417 e. The van der Waals surface area contributed by atoms with E-state index in [1.54, 1.807) is 17.0 Å². The average Bonchev–Trinajstić information content (AvgIpc) is 3.14. The van der Waals surface area contributed by atoms with Crippen molar-refractivity contribution >= 4 is 27.2 Å². The van der Waals surface area contributed by atoms with Crippen LogP contribution in [0.5, 0.6) is 0 Å². The van der Waals surface area contributed by atoms with Gasteiger partial charge in [-0.2, -0.15) is 13.2 Å². The predicted octanol–water partition coefficient (Wildman–Crippen LogP) is 2.44. The maximum atomic E-state index is 13.2. The van der Waals surface area contributed by atoms with Gasteiger partial charge in [0.15, 0.2) is 9.84 Å². The molecule has 2 aliphatic rings. The van der Waals surface area contributed by atoms with Crippen molar-refractivity contribution in [1.82, 2.24) is 9.88 Å². The first-order valence-corrected chi connectivity index (χ1v) is 12.5. The van der Waals surface area contributed by atoms with Crippen molar-refractivity contribution in [3.05, 3.63) is 54.2 Å². The van der Waals surface area contributed by atoms with E-state index in [1.165, 1.54) is 6.07 Å². The molecular formula is C22H25F3N4O3S. The molecule has 2 aliphatic heterocycles. The summed E-state index contributed by atoms with van der Waals surface area (Å²) in [4.78, 5) is 22.7. The van der Waals surface area contributed by atoms with Gasteiger partial charge in [0.2, 0.25) is 5.91 Å². The molecule has 7 nitrogen and oxygen atoms in total. The molecule has 0 aliphatic carbocycles. The molecule has 1 aromatic heterocycles. The van der Waals surface area contributed by atoms with Crippen LogP contribution in [0.4, 0.5) is 24.7 Å². The second-order valence-corrected chi connectivity index (χ2v) is 10.6. The second-order valence-electron chi connectivity index (χ2n) is 8.32. The summed E-state index contributed by atoms with van der Waals surface area (Å²) < 4.78 is 62.3. The first kappa shape index (κ1) is 23.5. The summed E-state index contributed by atoms with van der Waals surface area (Å²) in [7, 11) is -3.16. The maximum absolute atomic E-state index is 13.2. The lowest BCUT2D eigenvalue weighted by Gasteiger charge is -2.37. The Hall–Kier alpha value is -2.66. The highest BCUT2D eigenvalue weighted by Crippen LogP contribution is 2.29. The number of piperazine rings is 1. The van der Waals surface area contributed by atoms with Crippen LogP contribution < -0.4 is 9.80 Å². The summed E-state index contributed by atoms with van der Waals surface area (Å²) in [6.45, 7) is 2.27. The predicted molar refractivity (Wildman–Crippen MR) is 119 cm³/mol. The molecule has 0 saturated carbocycles. The Bertz CT molecular complexity index is 1070. The van der Waals surface area contributed by atoms with Gasteiger partial charge in [-0.25, -0.2) is 13.4 Å². The van der Waals surface area contributed by atoms with Gasteiger partial charge in [-0.15, -0.1) is 0 Å². The van der Waals surface area contributed by atoms with Crippen LogP contribution in [-0.4, -0.2) is 74.5 Å². The highest BCUT2D eigenvalue weighted by molar-refractivity contribution is 7.91. The first-order chi connectivity index (χ1) is 15.6. The Kier molecular flexibility index (Phi) is 6.62. The minimum atomic E-state index is -4.42. The SMILES string of the molecule is O=C(CN1CCN(c2ccc(C(F)(F)F)cn2)CC1)N(c1ccccc1)[C@H]1CCS(=O)(=O)C1. The van der Waals surface area contributed by atoms with Crippen LogP contribution in [0.3, 0.4) is 0 Å². The fourth-order valence-corrected chi connectivity index (χ4v) is 5.97. The number of benzene rings is 1. The Morgan fingerprint density at radius 1 is 1.06 bits per heavy atom. The number of carbonyl (C=O) groups excluding carboxylic acids is 1. The molecule has 2 saturated heterocycles. The molecule has 0 N–H and O–H groups in total. The second kappa shape index (κ2) is 9.30. The molecule has 0 unspecified atom stereocenters. The number of hydrogen-bond acceptors (Lipinski definition) is 6. The number of para-hydroxylation sites is 1. The molecule has 0 radical (unpaired) electrons. The fourth-order valence-electron chi connectivity index (χ4n) is 4.27. The van der Waals surface area contributed by atoms with Crippen molar-refractivity contribution in [2.24, 2.45) is 0 Å². The van der Waals surface area contributed by atoms with E-state index in [0.29, 0.717) is 44.1 Å². The smallest absolute Gasteiger partial charge is 0.354 e. The number of anilines is 2. The Labute approximate surface area is 190 Å². The van der Waals surface area contributed by atoms with Crippen LogP contribution in [-0.2, 0) is 20.8 Å². The number of pyridine rings is 1. The number of halogens is 3. The zero-order valence-corrected chi connectivity index (χ0v) is 18.7. The number of amides is 1. The van der Waals surface area contributed by atoms with E-state index >= 15 is 0 Å². The summed E-state index contributed by atoms with van der Waals surface area (Å²) in [5.41, 5.74) is -0.109. The number of rotatable bonds is 5. The molecular weight excluding hydrogens is 457 g/mol. The van der Waals surface area contributed by atoms with Crippen LogP contribution in [0.1, 0.15) is 12.0 Å². The van der Waals surface area contributed by atoms with E-state index in [1.807, 2.05) is 28.0 Å². The Morgan fingerprint density at radius 3 is 2.30 bits per heavy atom. The summed E-state index contributed by atoms with van der Waals surface area (Å²) in [6, 6.07) is 11.1. The van der Waals surface area contributed by atoms with E-state index in [0.717, 1.165) is 12.3 Å². The number of carbonyl (C=O) groups is 1. The van der Waals surface area contributed by atoms with Gasteiger partial charge in [-0.3, -0.25) is 9.69 Å². The minimum Gasteiger partial charge on any atom is -0.354 e. The standard InChI is InChI=1S/C22H25F3N4O3S/c23-22(24,25)17-6-7-20(26-14-17)28-11-9-27(10-12-28)15-21(30)29(18-4-2-1-3-5-18)19-8-13-33(31,32)16-19/h1-7,14,19H,8-13,15-16H2/t19-/m0/s1. The highest BCUT2D eigenvalue weighted by atomic mass is 32.2. The van der Waals surface area contributed by atoms with Crippen molar-refractivity contribution in [3.63, 3.8) is 0 Å². The van der Waals surface area contributed by atoms with Gasteiger partial charge in [-0.1, -0.05) is 18.2 Å². The van der Waals surface area contributed by atoms with Gasteiger partial charge in [-0.05, 0) is 30.7 Å². The van der Waals surface area contributed by atoms with Crippen molar-refractivity contribution in [2.45, 2.75) is 18.6 Å². The molecule has 33 heavy (non-hydrogen) atoms. The topological polar surface area (TPSA) is 73.8 Å². The van der Waals surface area contributed by atoms with Crippen LogP contribution in [0.2, 0.25) is 0 Å². The summed E-state index contributed by atoms with van der Waals surface area (Å²) >= 11 is 0. The normalized spacial score (nSPS) is 21.2. The highest BCUT2D eigenvalue weighted by Gasteiger charge is 2.36. The number of alkyl halides is 3. The van der Waals surface area contributed by atoms with E-state index in [9.17, 15) is 26.4 Å². The van der Waals surface area contributed by atoms with Gasteiger partial charge >= 0.3 is 6.18 Å². The van der Waals surface area contributed by atoms with Crippen LogP contribution in [0, 0.1) is 0 Å². The monoisotopic (exact) mass is 482 g/mol. The molecule has 11 heteroatoms. The minimum absolute atomic E-state index is 0.0407. The Balaban J connectivity index is 1.39. The summed E-state index contributed by atoms with van der Waals surface area (Å²) in [6.07, 6.45) is -3.18. The number of sulfone groups is 1. The van der Waals surface area contributed by atoms with Gasteiger partial charge in [0.05, 0.1) is 29.7 Å². The summed E-state index contributed by atoms with van der Waals surface area (Å²) in [5, 5.41) is 0. The van der Waals surface area contributed by atoms with Crippen LogP contribution in [0.15, 0.2) is 48.7 Å². The lowest BCUT2D eigenvalue weighted by molar-refractivity contribution is -0.137. The number of nitrogens with zero attached hydrogens (tertiary/aromatic N) is 4. The number of aromatic nitrogens is 1. The maximum Gasteiger partial charge on any atom is 0.417 e. The summed E-state index contributed by atoms with van der Waals surface area (Å²) in [5.74, 6) is 0.342. The molecule has 2 aromatic rings. The molecule has 1 atom stereocenters. The third-order valence-electron chi connectivity index (χ3n) is 6.01. The molecule has 3 heterocycles. The molecule has 2 fully saturated rings. The lowest BCUT2D eigenvalue weighted by atomic mass is 10.1. The third-order valence-corrected chi connectivity index (χ3v) is 7.76. The van der Waals surface area contributed by atoms with Gasteiger partial charge in [0.25, 0.3) is 0 Å². The molecule has 0 spiro atoms. The van der Waals surface area contributed by atoms with Crippen molar-refractivity contribution in [1.29, 1.82) is 0 Å². The van der Waals surface area contributed by atoms with Gasteiger partial charge < -0.3 is 9.80 Å². The molecule has 0 bridgehead atoms. The Morgan fingerprint density at radius 2 is 1.76 bits per heavy atom. The first-order valence-electron chi connectivity index (χ1n) is 10.7. The van der Waals surface area contributed by atoms with Crippen molar-refractivity contribution < 1.29 is 26.4 Å². The molecule has 1 amide bonds. The van der Waals surface area contributed by atoms with Crippen molar-refractivity contribution in [3.8, 4) is 0 Å².